The van der Waals surface area contributed by atoms with Crippen LogP contribution in [0, 0.1) is 5.92 Å². The summed E-state index contributed by atoms with van der Waals surface area (Å²) in [7, 11) is 0. The molecule has 2 amide bonds. The highest BCUT2D eigenvalue weighted by molar-refractivity contribution is 6.34. The van der Waals surface area contributed by atoms with Crippen molar-refractivity contribution >= 4 is 17.8 Å². The van der Waals surface area contributed by atoms with Gasteiger partial charge < -0.3 is 14.5 Å². The van der Waals surface area contributed by atoms with Gasteiger partial charge in [-0.05, 0) is 32.6 Å². The number of amides is 2. The van der Waals surface area contributed by atoms with E-state index in [1.165, 1.54) is 4.90 Å². The van der Waals surface area contributed by atoms with E-state index in [4.69, 9.17) is 4.74 Å². The first kappa shape index (κ1) is 16.8. The lowest BCUT2D eigenvalue weighted by atomic mass is 9.98. The largest absolute Gasteiger partial charge is 0.466 e. The smallest absolute Gasteiger partial charge is 0.312 e. The first-order valence-electron chi connectivity index (χ1n) is 8.38. The lowest BCUT2D eigenvalue weighted by Gasteiger charge is -2.32. The van der Waals surface area contributed by atoms with Crippen molar-refractivity contribution in [3.63, 3.8) is 0 Å². The number of ether oxygens (including phenoxy) is 1. The Morgan fingerprint density at radius 1 is 0.909 bits per heavy atom. The van der Waals surface area contributed by atoms with Gasteiger partial charge >= 0.3 is 17.8 Å². The third-order valence-corrected chi connectivity index (χ3v) is 4.40. The highest BCUT2D eigenvalue weighted by Gasteiger charge is 2.33. The second-order valence-electron chi connectivity index (χ2n) is 6.05. The number of likely N-dealkylation sites (tertiary alicyclic amines) is 2. The van der Waals surface area contributed by atoms with Crippen LogP contribution in [0.15, 0.2) is 0 Å². The van der Waals surface area contributed by atoms with Crippen LogP contribution in [0.3, 0.4) is 0 Å². The standard InChI is InChI=1S/C16H26N2O4/c1-2-22-16(21)13-8-7-11-18(12-13)15(20)14(19)17-9-5-3-4-6-10-17/h13H,2-12H2,1H3. The molecule has 0 N–H and O–H groups in total. The van der Waals surface area contributed by atoms with Crippen molar-refractivity contribution in [2.45, 2.75) is 45.4 Å². The Labute approximate surface area is 131 Å². The van der Waals surface area contributed by atoms with Gasteiger partial charge in [0.15, 0.2) is 0 Å². The molecule has 0 bridgehead atoms. The summed E-state index contributed by atoms with van der Waals surface area (Å²) in [5.74, 6) is -1.43. The number of rotatable bonds is 2. The van der Waals surface area contributed by atoms with Crippen molar-refractivity contribution in [2.24, 2.45) is 5.92 Å². The number of esters is 1. The topological polar surface area (TPSA) is 66.9 Å². The molecule has 2 aliphatic rings. The van der Waals surface area contributed by atoms with E-state index in [0.717, 1.165) is 38.5 Å². The molecule has 0 aromatic heterocycles. The van der Waals surface area contributed by atoms with Gasteiger partial charge in [0.1, 0.15) is 0 Å². The van der Waals surface area contributed by atoms with Gasteiger partial charge in [-0.1, -0.05) is 12.8 Å². The third-order valence-electron chi connectivity index (χ3n) is 4.40. The Balaban J connectivity index is 1.93. The molecule has 2 fully saturated rings. The fraction of sp³-hybridized carbons (Fsp3) is 0.812. The van der Waals surface area contributed by atoms with Gasteiger partial charge in [0.2, 0.25) is 0 Å². The van der Waals surface area contributed by atoms with Crippen LogP contribution in [0.5, 0.6) is 0 Å². The second kappa shape index (κ2) is 8.15. The molecular formula is C16H26N2O4. The molecule has 1 unspecified atom stereocenters. The molecule has 2 saturated heterocycles. The van der Waals surface area contributed by atoms with Crippen molar-refractivity contribution in [3.8, 4) is 0 Å². The van der Waals surface area contributed by atoms with E-state index in [0.29, 0.717) is 32.8 Å². The Morgan fingerprint density at radius 2 is 1.50 bits per heavy atom. The van der Waals surface area contributed by atoms with E-state index in [1.807, 2.05) is 0 Å². The average molecular weight is 310 g/mol. The average Bonchev–Trinajstić information content (AvgIpc) is 2.83. The number of nitrogens with zero attached hydrogens (tertiary/aromatic N) is 2. The second-order valence-corrected chi connectivity index (χ2v) is 6.05. The van der Waals surface area contributed by atoms with Gasteiger partial charge in [-0.3, -0.25) is 14.4 Å². The normalized spacial score (nSPS) is 22.9. The SMILES string of the molecule is CCOC(=O)C1CCCN(C(=O)C(=O)N2CCCCCC2)C1. The van der Waals surface area contributed by atoms with Crippen molar-refractivity contribution < 1.29 is 19.1 Å². The monoisotopic (exact) mass is 310 g/mol. The summed E-state index contributed by atoms with van der Waals surface area (Å²) in [5.41, 5.74) is 0. The molecule has 0 aliphatic carbocycles. The minimum absolute atomic E-state index is 0.262. The molecule has 0 radical (unpaired) electrons. The molecule has 0 saturated carbocycles. The predicted octanol–water partition coefficient (Wildman–Crippen LogP) is 1.19. The van der Waals surface area contributed by atoms with Crippen molar-refractivity contribution in [3.05, 3.63) is 0 Å². The van der Waals surface area contributed by atoms with Crippen LogP contribution < -0.4 is 0 Å². The highest BCUT2D eigenvalue weighted by atomic mass is 16.5. The van der Waals surface area contributed by atoms with Gasteiger partial charge in [-0.15, -0.1) is 0 Å². The molecule has 6 nitrogen and oxygen atoms in total. The lowest BCUT2D eigenvalue weighted by molar-refractivity contribution is -0.156. The van der Waals surface area contributed by atoms with E-state index >= 15 is 0 Å². The molecular weight excluding hydrogens is 284 g/mol. The summed E-state index contributed by atoms with van der Waals surface area (Å²) in [4.78, 5) is 39.8. The van der Waals surface area contributed by atoms with Crippen molar-refractivity contribution in [1.82, 2.24) is 9.80 Å². The molecule has 2 aliphatic heterocycles. The van der Waals surface area contributed by atoms with Crippen LogP contribution in [-0.4, -0.2) is 60.4 Å². The number of hydrogen-bond acceptors (Lipinski definition) is 4. The molecule has 2 heterocycles. The summed E-state index contributed by atoms with van der Waals surface area (Å²) < 4.78 is 5.03. The fourth-order valence-corrected chi connectivity index (χ4v) is 3.16. The Kier molecular flexibility index (Phi) is 6.21. The summed E-state index contributed by atoms with van der Waals surface area (Å²) >= 11 is 0. The van der Waals surface area contributed by atoms with Crippen LogP contribution in [0.25, 0.3) is 0 Å². The Bertz CT molecular complexity index is 416. The van der Waals surface area contributed by atoms with Crippen LogP contribution in [0.2, 0.25) is 0 Å². The molecule has 0 aromatic rings. The molecule has 0 spiro atoms. The molecule has 22 heavy (non-hydrogen) atoms. The summed E-state index contributed by atoms with van der Waals surface area (Å²) in [5, 5.41) is 0. The zero-order chi connectivity index (χ0) is 15.9. The van der Waals surface area contributed by atoms with Gasteiger partial charge in [-0.25, -0.2) is 0 Å². The Hall–Kier alpha value is -1.59. The van der Waals surface area contributed by atoms with Gasteiger partial charge in [0.25, 0.3) is 0 Å². The number of carbonyl (C=O) groups excluding carboxylic acids is 3. The van der Waals surface area contributed by atoms with Crippen LogP contribution in [-0.2, 0) is 19.1 Å². The maximum atomic E-state index is 12.4. The van der Waals surface area contributed by atoms with Gasteiger partial charge in [0, 0.05) is 26.2 Å². The van der Waals surface area contributed by atoms with Crippen LogP contribution in [0.1, 0.15) is 45.4 Å². The first-order valence-corrected chi connectivity index (χ1v) is 8.38. The minimum atomic E-state index is -0.462. The zero-order valence-electron chi connectivity index (χ0n) is 13.4. The van der Waals surface area contributed by atoms with Crippen LogP contribution in [0.4, 0.5) is 0 Å². The fourth-order valence-electron chi connectivity index (χ4n) is 3.16. The number of carbonyl (C=O) groups is 3. The highest BCUT2D eigenvalue weighted by Crippen LogP contribution is 2.19. The van der Waals surface area contributed by atoms with Gasteiger partial charge in [0.05, 0.1) is 12.5 Å². The predicted molar refractivity (Wildman–Crippen MR) is 81.0 cm³/mol. The van der Waals surface area contributed by atoms with Crippen molar-refractivity contribution in [2.75, 3.05) is 32.8 Å². The van der Waals surface area contributed by atoms with E-state index in [9.17, 15) is 14.4 Å². The zero-order valence-corrected chi connectivity index (χ0v) is 13.4. The maximum Gasteiger partial charge on any atom is 0.312 e. The van der Waals surface area contributed by atoms with E-state index in [-0.39, 0.29) is 11.9 Å². The quantitative estimate of drug-likeness (QED) is 0.567. The molecule has 124 valence electrons. The van der Waals surface area contributed by atoms with Crippen LogP contribution >= 0.6 is 0 Å². The number of piperidine rings is 1. The van der Waals surface area contributed by atoms with E-state index in [1.54, 1.807) is 11.8 Å². The maximum absolute atomic E-state index is 12.4. The molecule has 2 rings (SSSR count). The molecule has 0 aromatic carbocycles. The lowest BCUT2D eigenvalue weighted by Crippen LogP contribution is -2.50. The summed E-state index contributed by atoms with van der Waals surface area (Å²) in [6.07, 6.45) is 5.62. The number of hydrogen-bond donors (Lipinski definition) is 0. The van der Waals surface area contributed by atoms with E-state index < -0.39 is 11.8 Å². The first-order chi connectivity index (χ1) is 10.6. The minimum Gasteiger partial charge on any atom is -0.466 e. The molecule has 1 atom stereocenters. The van der Waals surface area contributed by atoms with E-state index in [2.05, 4.69) is 0 Å². The van der Waals surface area contributed by atoms with Gasteiger partial charge in [-0.2, -0.15) is 0 Å². The molecule has 6 heteroatoms. The third kappa shape index (κ3) is 4.21. The summed E-state index contributed by atoms with van der Waals surface area (Å²) in [6.45, 7) is 4.30. The van der Waals surface area contributed by atoms with Crippen molar-refractivity contribution in [1.29, 1.82) is 0 Å². The summed E-state index contributed by atoms with van der Waals surface area (Å²) in [6, 6.07) is 0. The Morgan fingerprint density at radius 3 is 2.14 bits per heavy atom.